The predicted octanol–water partition coefficient (Wildman–Crippen LogP) is 3.17. The number of allylic oxidation sites excluding steroid dienone is 1. The number of anilines is 1. The summed E-state index contributed by atoms with van der Waals surface area (Å²) >= 11 is 0. The molecular formula is C19H18N4O4. The Hall–Kier alpha value is -3.68. The SMILES string of the molecule is CC1=C(C(=O)Nc2ccc(C)cc2)C(c2cccc([N+](=O)[O-])c2)NC(=O)N1. The molecule has 8 nitrogen and oxygen atoms in total. The fourth-order valence-corrected chi connectivity index (χ4v) is 2.90. The second-order valence-electron chi connectivity index (χ2n) is 6.24. The van der Waals surface area contributed by atoms with Crippen LogP contribution in [0.15, 0.2) is 59.8 Å². The van der Waals surface area contributed by atoms with Gasteiger partial charge in [0.2, 0.25) is 0 Å². The minimum Gasteiger partial charge on any atom is -0.327 e. The number of nitro groups is 1. The van der Waals surface area contributed by atoms with Gasteiger partial charge in [-0.2, -0.15) is 0 Å². The highest BCUT2D eigenvalue weighted by atomic mass is 16.6. The maximum Gasteiger partial charge on any atom is 0.319 e. The molecule has 8 heteroatoms. The van der Waals surface area contributed by atoms with Gasteiger partial charge in [0, 0.05) is 23.5 Å². The maximum absolute atomic E-state index is 12.9. The molecule has 1 aliphatic rings. The van der Waals surface area contributed by atoms with E-state index in [1.54, 1.807) is 25.1 Å². The molecule has 0 spiro atoms. The van der Waals surface area contributed by atoms with Crippen molar-refractivity contribution >= 4 is 23.3 Å². The van der Waals surface area contributed by atoms with Crippen molar-refractivity contribution in [1.29, 1.82) is 0 Å². The van der Waals surface area contributed by atoms with Crippen molar-refractivity contribution in [1.82, 2.24) is 10.6 Å². The molecule has 0 saturated carbocycles. The summed E-state index contributed by atoms with van der Waals surface area (Å²) in [6, 6.07) is 11.9. The fraction of sp³-hybridized carbons (Fsp3) is 0.158. The average molecular weight is 366 g/mol. The van der Waals surface area contributed by atoms with Crippen LogP contribution < -0.4 is 16.0 Å². The molecule has 3 N–H and O–H groups in total. The highest BCUT2D eigenvalue weighted by Crippen LogP contribution is 2.29. The summed E-state index contributed by atoms with van der Waals surface area (Å²) in [5.74, 6) is -0.402. The number of carbonyl (C=O) groups is 2. The molecule has 3 rings (SSSR count). The van der Waals surface area contributed by atoms with E-state index in [1.165, 1.54) is 18.2 Å². The summed E-state index contributed by atoms with van der Waals surface area (Å²) in [4.78, 5) is 35.3. The first-order chi connectivity index (χ1) is 12.8. The van der Waals surface area contributed by atoms with E-state index in [4.69, 9.17) is 0 Å². The van der Waals surface area contributed by atoms with Crippen LogP contribution in [0.25, 0.3) is 0 Å². The van der Waals surface area contributed by atoms with E-state index in [0.29, 0.717) is 16.9 Å². The predicted molar refractivity (Wildman–Crippen MR) is 100 cm³/mol. The molecule has 2 aromatic rings. The first-order valence-electron chi connectivity index (χ1n) is 8.26. The molecule has 0 fully saturated rings. The van der Waals surface area contributed by atoms with Crippen molar-refractivity contribution < 1.29 is 14.5 Å². The number of nitro benzene ring substituents is 1. The summed E-state index contributed by atoms with van der Waals surface area (Å²) in [5, 5.41) is 19.1. The standard InChI is InChI=1S/C19H18N4O4/c1-11-6-8-14(9-7-11)21-18(24)16-12(2)20-19(25)22-17(16)13-4-3-5-15(10-13)23(26)27/h3-10,17H,1-2H3,(H,21,24)(H2,20,22,25). The van der Waals surface area contributed by atoms with E-state index in [0.717, 1.165) is 5.56 Å². The summed E-state index contributed by atoms with van der Waals surface area (Å²) < 4.78 is 0. The minimum atomic E-state index is -0.802. The molecule has 1 unspecified atom stereocenters. The molecular weight excluding hydrogens is 348 g/mol. The van der Waals surface area contributed by atoms with Gasteiger partial charge in [0.05, 0.1) is 16.5 Å². The molecule has 2 aromatic carbocycles. The molecule has 0 aliphatic carbocycles. The van der Waals surface area contributed by atoms with Crippen LogP contribution in [-0.4, -0.2) is 16.9 Å². The first kappa shape index (κ1) is 18.1. The Morgan fingerprint density at radius 3 is 2.52 bits per heavy atom. The highest BCUT2D eigenvalue weighted by molar-refractivity contribution is 6.06. The Bertz CT molecular complexity index is 950. The van der Waals surface area contributed by atoms with Gasteiger partial charge in [-0.3, -0.25) is 14.9 Å². The van der Waals surface area contributed by atoms with Gasteiger partial charge in [-0.25, -0.2) is 4.79 Å². The molecule has 0 aromatic heterocycles. The summed E-state index contributed by atoms with van der Waals surface area (Å²) in [6.45, 7) is 3.56. The molecule has 138 valence electrons. The van der Waals surface area contributed by atoms with E-state index in [2.05, 4.69) is 16.0 Å². The van der Waals surface area contributed by atoms with E-state index < -0.39 is 22.9 Å². The molecule has 0 saturated heterocycles. The maximum atomic E-state index is 12.9. The second-order valence-corrected chi connectivity index (χ2v) is 6.24. The second kappa shape index (κ2) is 7.28. The van der Waals surface area contributed by atoms with Crippen LogP contribution in [0.4, 0.5) is 16.2 Å². The zero-order valence-corrected chi connectivity index (χ0v) is 14.8. The van der Waals surface area contributed by atoms with Gasteiger partial charge in [-0.1, -0.05) is 29.8 Å². The van der Waals surface area contributed by atoms with Crippen LogP contribution in [0, 0.1) is 17.0 Å². The van der Waals surface area contributed by atoms with E-state index in [9.17, 15) is 19.7 Å². The lowest BCUT2D eigenvalue weighted by atomic mass is 9.94. The van der Waals surface area contributed by atoms with Crippen LogP contribution in [0.5, 0.6) is 0 Å². The van der Waals surface area contributed by atoms with Crippen molar-refractivity contribution in [3.05, 3.63) is 81.0 Å². The van der Waals surface area contributed by atoms with Gasteiger partial charge in [0.1, 0.15) is 0 Å². The van der Waals surface area contributed by atoms with Crippen LogP contribution in [-0.2, 0) is 4.79 Å². The van der Waals surface area contributed by atoms with Crippen LogP contribution in [0.2, 0.25) is 0 Å². The third kappa shape index (κ3) is 3.95. The van der Waals surface area contributed by atoms with E-state index >= 15 is 0 Å². The molecule has 0 radical (unpaired) electrons. The monoisotopic (exact) mass is 366 g/mol. The minimum absolute atomic E-state index is 0.115. The zero-order chi connectivity index (χ0) is 19.6. The number of aryl methyl sites for hydroxylation is 1. The molecule has 1 heterocycles. The molecule has 1 aliphatic heterocycles. The molecule has 0 bridgehead atoms. The van der Waals surface area contributed by atoms with Crippen LogP contribution in [0.1, 0.15) is 24.1 Å². The van der Waals surface area contributed by atoms with Gasteiger partial charge in [-0.05, 0) is 31.5 Å². The van der Waals surface area contributed by atoms with Gasteiger partial charge in [0.25, 0.3) is 11.6 Å². The van der Waals surface area contributed by atoms with Crippen molar-refractivity contribution in [2.75, 3.05) is 5.32 Å². The van der Waals surface area contributed by atoms with Gasteiger partial charge >= 0.3 is 6.03 Å². The average Bonchev–Trinajstić information content (AvgIpc) is 2.63. The number of nitrogens with one attached hydrogen (secondary N) is 3. The topological polar surface area (TPSA) is 113 Å². The van der Waals surface area contributed by atoms with Gasteiger partial charge in [-0.15, -0.1) is 0 Å². The molecule has 3 amide bonds. The number of non-ortho nitro benzene ring substituents is 1. The van der Waals surface area contributed by atoms with Crippen molar-refractivity contribution in [3.63, 3.8) is 0 Å². The Kier molecular flexibility index (Phi) is 4.89. The van der Waals surface area contributed by atoms with Crippen molar-refractivity contribution in [2.45, 2.75) is 19.9 Å². The number of rotatable bonds is 4. The highest BCUT2D eigenvalue weighted by Gasteiger charge is 2.31. The number of hydrogen-bond acceptors (Lipinski definition) is 4. The number of urea groups is 1. The summed E-state index contributed by atoms with van der Waals surface area (Å²) in [6.07, 6.45) is 0. The molecule has 27 heavy (non-hydrogen) atoms. The lowest BCUT2D eigenvalue weighted by molar-refractivity contribution is -0.384. The van der Waals surface area contributed by atoms with Gasteiger partial charge < -0.3 is 16.0 Å². The summed E-state index contributed by atoms with van der Waals surface area (Å²) in [5.41, 5.74) is 2.68. The normalized spacial score (nSPS) is 16.4. The largest absolute Gasteiger partial charge is 0.327 e. The number of carbonyl (C=O) groups excluding carboxylic acids is 2. The molecule has 1 atom stereocenters. The zero-order valence-electron chi connectivity index (χ0n) is 14.8. The first-order valence-corrected chi connectivity index (χ1v) is 8.26. The Labute approximate surface area is 155 Å². The summed E-state index contributed by atoms with van der Waals surface area (Å²) in [7, 11) is 0. The smallest absolute Gasteiger partial charge is 0.319 e. The Balaban J connectivity index is 1.96. The number of benzene rings is 2. The number of nitrogens with zero attached hydrogens (tertiary/aromatic N) is 1. The van der Waals surface area contributed by atoms with E-state index in [-0.39, 0.29) is 11.3 Å². The fourth-order valence-electron chi connectivity index (χ4n) is 2.90. The lowest BCUT2D eigenvalue weighted by Crippen LogP contribution is -2.46. The van der Waals surface area contributed by atoms with Gasteiger partial charge in [0.15, 0.2) is 0 Å². The lowest BCUT2D eigenvalue weighted by Gasteiger charge is -2.28. The van der Waals surface area contributed by atoms with E-state index in [1.807, 2.05) is 19.1 Å². The number of hydrogen-bond donors (Lipinski definition) is 3. The Morgan fingerprint density at radius 1 is 1.15 bits per heavy atom. The third-order valence-corrected chi connectivity index (χ3v) is 4.24. The van der Waals surface area contributed by atoms with Crippen molar-refractivity contribution in [3.8, 4) is 0 Å². The van der Waals surface area contributed by atoms with Crippen LogP contribution >= 0.6 is 0 Å². The Morgan fingerprint density at radius 2 is 1.85 bits per heavy atom. The van der Waals surface area contributed by atoms with Crippen molar-refractivity contribution in [2.24, 2.45) is 0 Å². The number of amides is 3. The van der Waals surface area contributed by atoms with Crippen LogP contribution in [0.3, 0.4) is 0 Å². The quantitative estimate of drug-likeness (QED) is 0.570. The third-order valence-electron chi connectivity index (χ3n) is 4.24.